The zero-order chi connectivity index (χ0) is 14.4. The molecule has 4 heteroatoms. The smallest absolute Gasteiger partial charge is 0.142 e. The molecular weight excluding hydrogens is 259 g/mol. The van der Waals surface area contributed by atoms with Gasteiger partial charge in [0.05, 0.1) is 19.3 Å². The van der Waals surface area contributed by atoms with Crippen LogP contribution in [0.5, 0.6) is 0 Å². The van der Waals surface area contributed by atoms with Gasteiger partial charge in [-0.25, -0.2) is 4.39 Å². The molecule has 0 aliphatic carbocycles. The Morgan fingerprint density at radius 3 is 3.00 bits per heavy atom. The number of aldehydes is 1. The van der Waals surface area contributed by atoms with Crippen LogP contribution in [0.3, 0.4) is 0 Å². The fraction of sp³-hybridized carbons (Fsp3) is 0.438. The van der Waals surface area contributed by atoms with E-state index in [1.807, 2.05) is 0 Å². The van der Waals surface area contributed by atoms with Gasteiger partial charge in [-0.3, -0.25) is 4.79 Å². The summed E-state index contributed by atoms with van der Waals surface area (Å²) in [7, 11) is 0. The third kappa shape index (κ3) is 4.25. The summed E-state index contributed by atoms with van der Waals surface area (Å²) < 4.78 is 24.5. The Morgan fingerprint density at radius 1 is 1.55 bits per heavy atom. The van der Waals surface area contributed by atoms with Gasteiger partial charge in [0.15, 0.2) is 0 Å². The van der Waals surface area contributed by atoms with Gasteiger partial charge in [0.25, 0.3) is 0 Å². The minimum atomic E-state index is -0.296. The maximum Gasteiger partial charge on any atom is 0.142 e. The Kier molecular flexibility index (Phi) is 5.44. The van der Waals surface area contributed by atoms with Crippen LogP contribution in [0.2, 0.25) is 0 Å². The van der Waals surface area contributed by atoms with Crippen LogP contribution in [-0.2, 0) is 14.3 Å². The monoisotopic (exact) mass is 278 g/mol. The van der Waals surface area contributed by atoms with Gasteiger partial charge in [0.1, 0.15) is 18.2 Å². The standard InChI is InChI=1S/C16H19FO3/c1-2-4-16(20-11-14-10-19-14)15-9-13(17)7-6-12(15)5-3-8-18/h3,5-9,14,16H,2,4,10-11H2,1H3/b5-3+/t14?,16-/m1/s1. The van der Waals surface area contributed by atoms with E-state index < -0.39 is 0 Å². The number of ether oxygens (including phenoxy) is 2. The highest BCUT2D eigenvalue weighted by Crippen LogP contribution is 2.29. The molecule has 0 saturated carbocycles. The molecule has 0 spiro atoms. The highest BCUT2D eigenvalue weighted by Gasteiger charge is 2.25. The van der Waals surface area contributed by atoms with Crippen molar-refractivity contribution >= 4 is 12.4 Å². The predicted molar refractivity (Wildman–Crippen MR) is 74.8 cm³/mol. The molecule has 0 aromatic heterocycles. The van der Waals surface area contributed by atoms with Gasteiger partial charge < -0.3 is 9.47 Å². The molecule has 1 unspecified atom stereocenters. The Labute approximate surface area is 118 Å². The van der Waals surface area contributed by atoms with E-state index in [4.69, 9.17) is 9.47 Å². The number of hydrogen-bond acceptors (Lipinski definition) is 3. The number of halogens is 1. The minimum Gasteiger partial charge on any atom is -0.371 e. The number of rotatable bonds is 8. The SMILES string of the molecule is CCC[C@@H](OCC1CO1)c1cc(F)ccc1/C=C/C=O. The number of carbonyl (C=O) groups is 1. The van der Waals surface area contributed by atoms with Crippen LogP contribution in [0, 0.1) is 5.82 Å². The van der Waals surface area contributed by atoms with Gasteiger partial charge >= 0.3 is 0 Å². The Hall–Kier alpha value is -1.52. The van der Waals surface area contributed by atoms with E-state index in [-0.39, 0.29) is 18.0 Å². The van der Waals surface area contributed by atoms with E-state index in [1.165, 1.54) is 18.2 Å². The van der Waals surface area contributed by atoms with Gasteiger partial charge in [0, 0.05) is 0 Å². The molecule has 0 radical (unpaired) electrons. The van der Waals surface area contributed by atoms with E-state index in [0.29, 0.717) is 12.9 Å². The molecule has 1 saturated heterocycles. The van der Waals surface area contributed by atoms with Crippen molar-refractivity contribution in [2.75, 3.05) is 13.2 Å². The average Bonchev–Trinajstić information content (AvgIpc) is 3.26. The molecule has 1 aliphatic heterocycles. The lowest BCUT2D eigenvalue weighted by molar-refractivity contribution is -0.104. The van der Waals surface area contributed by atoms with E-state index >= 15 is 0 Å². The summed E-state index contributed by atoms with van der Waals surface area (Å²) in [6, 6.07) is 4.55. The first-order valence-corrected chi connectivity index (χ1v) is 6.89. The quantitative estimate of drug-likeness (QED) is 0.416. The molecule has 0 amide bonds. The van der Waals surface area contributed by atoms with Crippen molar-refractivity contribution in [1.29, 1.82) is 0 Å². The molecule has 108 valence electrons. The lowest BCUT2D eigenvalue weighted by Crippen LogP contribution is -2.10. The number of allylic oxidation sites excluding steroid dienone is 1. The summed E-state index contributed by atoms with van der Waals surface area (Å²) >= 11 is 0. The molecule has 20 heavy (non-hydrogen) atoms. The van der Waals surface area contributed by atoms with Gasteiger partial charge in [-0.05, 0) is 35.8 Å². The Morgan fingerprint density at radius 2 is 2.35 bits per heavy atom. The van der Waals surface area contributed by atoms with Crippen molar-refractivity contribution in [1.82, 2.24) is 0 Å². The molecule has 1 aliphatic rings. The summed E-state index contributed by atoms with van der Waals surface area (Å²) in [6.07, 6.45) is 5.54. The Bertz CT molecular complexity index is 481. The van der Waals surface area contributed by atoms with Crippen molar-refractivity contribution in [3.05, 3.63) is 41.2 Å². The summed E-state index contributed by atoms with van der Waals surface area (Å²) in [6.45, 7) is 3.32. The average molecular weight is 278 g/mol. The molecule has 3 nitrogen and oxygen atoms in total. The predicted octanol–water partition coefficient (Wildman–Crippen LogP) is 3.29. The van der Waals surface area contributed by atoms with Crippen LogP contribution in [-0.4, -0.2) is 25.6 Å². The third-order valence-corrected chi connectivity index (χ3v) is 3.19. The maximum absolute atomic E-state index is 13.5. The van der Waals surface area contributed by atoms with Crippen molar-refractivity contribution in [3.63, 3.8) is 0 Å². The van der Waals surface area contributed by atoms with Gasteiger partial charge in [-0.15, -0.1) is 0 Å². The first kappa shape index (κ1) is 14.9. The van der Waals surface area contributed by atoms with E-state index in [1.54, 1.807) is 12.1 Å². The third-order valence-electron chi connectivity index (χ3n) is 3.19. The first-order valence-electron chi connectivity index (χ1n) is 6.89. The Balaban J connectivity index is 2.20. The lowest BCUT2D eigenvalue weighted by Gasteiger charge is -2.19. The normalized spacial score (nSPS) is 19.2. The van der Waals surface area contributed by atoms with Crippen LogP contribution >= 0.6 is 0 Å². The number of carbonyl (C=O) groups excluding carboxylic acids is 1. The molecule has 1 aromatic carbocycles. The highest BCUT2D eigenvalue weighted by atomic mass is 19.1. The van der Waals surface area contributed by atoms with Gasteiger partial charge in [-0.2, -0.15) is 0 Å². The van der Waals surface area contributed by atoms with Crippen molar-refractivity contribution in [2.45, 2.75) is 32.0 Å². The molecule has 1 aromatic rings. The molecule has 2 rings (SSSR count). The summed E-state index contributed by atoms with van der Waals surface area (Å²) in [5.41, 5.74) is 1.60. The lowest BCUT2D eigenvalue weighted by atomic mass is 9.98. The summed E-state index contributed by atoms with van der Waals surface area (Å²) in [5, 5.41) is 0. The fourth-order valence-corrected chi connectivity index (χ4v) is 2.10. The fourth-order valence-electron chi connectivity index (χ4n) is 2.10. The number of epoxide rings is 1. The second-order valence-corrected chi connectivity index (χ2v) is 4.83. The summed E-state index contributed by atoms with van der Waals surface area (Å²) in [4.78, 5) is 10.5. The zero-order valence-electron chi connectivity index (χ0n) is 11.5. The summed E-state index contributed by atoms with van der Waals surface area (Å²) in [5.74, 6) is -0.296. The van der Waals surface area contributed by atoms with Crippen molar-refractivity contribution in [2.24, 2.45) is 0 Å². The van der Waals surface area contributed by atoms with Crippen molar-refractivity contribution < 1.29 is 18.7 Å². The second kappa shape index (κ2) is 7.31. The molecule has 0 N–H and O–H groups in total. The van der Waals surface area contributed by atoms with Crippen LogP contribution in [0.25, 0.3) is 6.08 Å². The van der Waals surface area contributed by atoms with Crippen LogP contribution in [0.4, 0.5) is 4.39 Å². The first-order chi connectivity index (χ1) is 9.74. The van der Waals surface area contributed by atoms with Gasteiger partial charge in [-0.1, -0.05) is 25.5 Å². The molecular formula is C16H19FO3. The molecule has 1 fully saturated rings. The highest BCUT2D eigenvalue weighted by molar-refractivity contribution is 5.74. The molecule has 2 atom stereocenters. The zero-order valence-corrected chi connectivity index (χ0v) is 11.5. The largest absolute Gasteiger partial charge is 0.371 e. The van der Waals surface area contributed by atoms with E-state index in [9.17, 15) is 9.18 Å². The van der Waals surface area contributed by atoms with Crippen LogP contribution < -0.4 is 0 Å². The van der Waals surface area contributed by atoms with E-state index in [0.717, 1.165) is 30.6 Å². The maximum atomic E-state index is 13.5. The van der Waals surface area contributed by atoms with Crippen molar-refractivity contribution in [3.8, 4) is 0 Å². The van der Waals surface area contributed by atoms with Gasteiger partial charge in [0.2, 0.25) is 0 Å². The topological polar surface area (TPSA) is 38.8 Å². The molecule has 1 heterocycles. The molecule has 0 bridgehead atoms. The minimum absolute atomic E-state index is 0.175. The van der Waals surface area contributed by atoms with Crippen LogP contribution in [0.15, 0.2) is 24.3 Å². The number of hydrogen-bond donors (Lipinski definition) is 0. The number of benzene rings is 1. The second-order valence-electron chi connectivity index (χ2n) is 4.83. The van der Waals surface area contributed by atoms with Crippen LogP contribution in [0.1, 0.15) is 37.0 Å². The van der Waals surface area contributed by atoms with E-state index in [2.05, 4.69) is 6.92 Å².